The molecule has 0 saturated heterocycles. The van der Waals surface area contributed by atoms with Crippen LogP contribution in [0.25, 0.3) is 0 Å². The number of ether oxygens (including phenoxy) is 2. The van der Waals surface area contributed by atoms with Gasteiger partial charge in [0, 0.05) is 12.1 Å². The van der Waals surface area contributed by atoms with Gasteiger partial charge in [-0.1, -0.05) is 11.6 Å². The number of hydrogen-bond donors (Lipinski definition) is 2. The molecule has 1 aromatic rings. The Kier molecular flexibility index (Phi) is 9.21. The van der Waals surface area contributed by atoms with Gasteiger partial charge in [0.2, 0.25) is 0 Å². The van der Waals surface area contributed by atoms with Crippen molar-refractivity contribution in [3.05, 3.63) is 41.5 Å². The summed E-state index contributed by atoms with van der Waals surface area (Å²) in [6.07, 6.45) is 6.80. The van der Waals surface area contributed by atoms with Gasteiger partial charge >= 0.3 is 5.97 Å². The first-order valence-corrected chi connectivity index (χ1v) is 10.2. The summed E-state index contributed by atoms with van der Waals surface area (Å²) in [6.45, 7) is 4.15. The molecule has 0 aliphatic heterocycles. The molecule has 0 heterocycles. The average molecular weight is 402 g/mol. The average Bonchev–Trinajstić information content (AvgIpc) is 2.73. The maximum absolute atomic E-state index is 12.1. The van der Waals surface area contributed by atoms with Gasteiger partial charge in [-0.05, 0) is 70.2 Å². The zero-order chi connectivity index (χ0) is 21.1. The Balaban J connectivity index is 1.67. The lowest BCUT2D eigenvalue weighted by atomic mass is 9.97. The first kappa shape index (κ1) is 22.5. The molecule has 7 nitrogen and oxygen atoms in total. The topological polar surface area (TPSA) is 93.7 Å². The van der Waals surface area contributed by atoms with Gasteiger partial charge in [-0.3, -0.25) is 14.4 Å². The van der Waals surface area contributed by atoms with E-state index in [-0.39, 0.29) is 12.5 Å². The summed E-state index contributed by atoms with van der Waals surface area (Å²) < 4.78 is 10.4. The molecule has 158 valence electrons. The zero-order valence-electron chi connectivity index (χ0n) is 17.2. The molecule has 0 aromatic heterocycles. The lowest BCUT2D eigenvalue weighted by Crippen LogP contribution is -2.39. The fraction of sp³-hybridized carbons (Fsp3) is 0.500. The van der Waals surface area contributed by atoms with Crippen molar-refractivity contribution in [2.45, 2.75) is 52.1 Å². The Morgan fingerprint density at radius 3 is 2.52 bits per heavy atom. The molecular formula is C22H30N2O5. The van der Waals surface area contributed by atoms with Crippen LogP contribution in [0.4, 0.5) is 0 Å². The van der Waals surface area contributed by atoms with Gasteiger partial charge in [-0.15, -0.1) is 0 Å². The van der Waals surface area contributed by atoms with Gasteiger partial charge < -0.3 is 20.1 Å². The number of rotatable bonds is 10. The molecule has 1 atom stereocenters. The van der Waals surface area contributed by atoms with Gasteiger partial charge in [-0.2, -0.15) is 0 Å². The highest BCUT2D eigenvalue weighted by Crippen LogP contribution is 2.19. The minimum Gasteiger partial charge on any atom is -0.494 e. The smallest absolute Gasteiger partial charge is 0.326 e. The predicted octanol–water partition coefficient (Wildman–Crippen LogP) is 2.75. The quantitative estimate of drug-likeness (QED) is 0.464. The summed E-state index contributed by atoms with van der Waals surface area (Å²) in [5.74, 6) is -0.736. The van der Waals surface area contributed by atoms with Crippen LogP contribution in [0.5, 0.6) is 5.75 Å². The number of carbonyl (C=O) groups excluding carboxylic acids is 3. The fourth-order valence-electron chi connectivity index (χ4n) is 3.04. The molecule has 0 saturated carbocycles. The van der Waals surface area contributed by atoms with Gasteiger partial charge in [-0.25, -0.2) is 0 Å². The molecule has 0 fully saturated rings. The molecule has 0 unspecified atom stereocenters. The third kappa shape index (κ3) is 7.97. The van der Waals surface area contributed by atoms with Crippen molar-refractivity contribution in [2.24, 2.45) is 0 Å². The van der Waals surface area contributed by atoms with Crippen LogP contribution >= 0.6 is 0 Å². The molecule has 0 bridgehead atoms. The summed E-state index contributed by atoms with van der Waals surface area (Å²) in [4.78, 5) is 36.1. The maximum Gasteiger partial charge on any atom is 0.326 e. The Hall–Kier alpha value is -2.83. The Bertz CT molecular complexity index is 727. The highest BCUT2D eigenvalue weighted by Gasteiger charge is 2.18. The molecule has 2 N–H and O–H groups in total. The summed E-state index contributed by atoms with van der Waals surface area (Å²) in [5.41, 5.74) is 1.78. The lowest BCUT2D eigenvalue weighted by molar-refractivity contribution is -0.153. The highest BCUT2D eigenvalue weighted by molar-refractivity contribution is 5.96. The molecule has 1 aromatic carbocycles. The zero-order valence-corrected chi connectivity index (χ0v) is 17.2. The third-order valence-corrected chi connectivity index (χ3v) is 4.63. The summed E-state index contributed by atoms with van der Waals surface area (Å²) >= 11 is 0. The number of esters is 1. The number of amides is 2. The number of carbonyl (C=O) groups is 3. The molecule has 0 radical (unpaired) electrons. The minimum atomic E-state index is -0.912. The van der Waals surface area contributed by atoms with Crippen molar-refractivity contribution in [3.8, 4) is 5.75 Å². The second-order valence-electron chi connectivity index (χ2n) is 6.92. The van der Waals surface area contributed by atoms with E-state index in [2.05, 4.69) is 16.7 Å². The minimum absolute atomic E-state index is 0.309. The van der Waals surface area contributed by atoms with E-state index < -0.39 is 18.0 Å². The number of benzene rings is 1. The number of allylic oxidation sites excluding steroid dienone is 1. The molecule has 1 aliphatic rings. The molecule has 7 heteroatoms. The van der Waals surface area contributed by atoms with Crippen LogP contribution in [0.15, 0.2) is 35.9 Å². The number of hydrogen-bond acceptors (Lipinski definition) is 5. The second-order valence-corrected chi connectivity index (χ2v) is 6.92. The second kappa shape index (κ2) is 11.9. The first-order valence-electron chi connectivity index (χ1n) is 10.2. The van der Waals surface area contributed by atoms with Crippen LogP contribution in [0.2, 0.25) is 0 Å². The van der Waals surface area contributed by atoms with E-state index in [0.717, 1.165) is 19.3 Å². The largest absolute Gasteiger partial charge is 0.494 e. The molecule has 29 heavy (non-hydrogen) atoms. The van der Waals surface area contributed by atoms with Crippen LogP contribution in [-0.4, -0.2) is 43.6 Å². The van der Waals surface area contributed by atoms with Crippen LogP contribution in [0.1, 0.15) is 56.3 Å². The van der Waals surface area contributed by atoms with Crippen molar-refractivity contribution in [2.75, 3.05) is 19.7 Å². The normalized spacial score (nSPS) is 14.3. The van der Waals surface area contributed by atoms with Gasteiger partial charge in [0.05, 0.1) is 6.61 Å². The Morgan fingerprint density at radius 2 is 1.86 bits per heavy atom. The van der Waals surface area contributed by atoms with E-state index in [4.69, 9.17) is 9.47 Å². The Labute approximate surface area is 171 Å². The van der Waals surface area contributed by atoms with Crippen LogP contribution < -0.4 is 15.4 Å². The highest BCUT2D eigenvalue weighted by atomic mass is 16.5. The van der Waals surface area contributed by atoms with Crippen molar-refractivity contribution in [3.63, 3.8) is 0 Å². The fourth-order valence-corrected chi connectivity index (χ4v) is 3.04. The Morgan fingerprint density at radius 1 is 1.10 bits per heavy atom. The molecule has 0 spiro atoms. The molecule has 2 amide bonds. The lowest BCUT2D eigenvalue weighted by Gasteiger charge is -2.16. The van der Waals surface area contributed by atoms with Gasteiger partial charge in [0.15, 0.2) is 6.10 Å². The molecule has 2 rings (SSSR count). The maximum atomic E-state index is 12.1. The van der Waals surface area contributed by atoms with E-state index in [1.165, 1.54) is 25.3 Å². The standard InChI is InChI=1S/C22H30N2O5/c1-3-28-19-11-9-18(10-12-19)22(27)24-15-20(25)29-16(2)21(26)23-14-13-17-7-5-4-6-8-17/h7,9-12,16H,3-6,8,13-15H2,1-2H3,(H,23,26)(H,24,27)/t16-/m1/s1. The van der Waals surface area contributed by atoms with Gasteiger partial charge in [0.25, 0.3) is 11.8 Å². The van der Waals surface area contributed by atoms with Crippen molar-refractivity contribution < 1.29 is 23.9 Å². The van der Waals surface area contributed by atoms with Crippen molar-refractivity contribution in [1.82, 2.24) is 10.6 Å². The summed E-state index contributed by atoms with van der Waals surface area (Å²) in [6, 6.07) is 6.60. The summed E-state index contributed by atoms with van der Waals surface area (Å²) in [5, 5.41) is 5.27. The van der Waals surface area contributed by atoms with Crippen LogP contribution in [0, 0.1) is 0 Å². The van der Waals surface area contributed by atoms with E-state index in [1.807, 2.05) is 6.92 Å². The van der Waals surface area contributed by atoms with Crippen LogP contribution in [0.3, 0.4) is 0 Å². The van der Waals surface area contributed by atoms with E-state index in [1.54, 1.807) is 24.3 Å². The van der Waals surface area contributed by atoms with Crippen molar-refractivity contribution in [1.29, 1.82) is 0 Å². The monoisotopic (exact) mass is 402 g/mol. The van der Waals surface area contributed by atoms with Crippen molar-refractivity contribution >= 4 is 17.8 Å². The predicted molar refractivity (Wildman–Crippen MR) is 110 cm³/mol. The summed E-state index contributed by atoms with van der Waals surface area (Å²) in [7, 11) is 0. The molecular weight excluding hydrogens is 372 g/mol. The van der Waals surface area contributed by atoms with E-state index >= 15 is 0 Å². The van der Waals surface area contributed by atoms with E-state index in [9.17, 15) is 14.4 Å². The number of nitrogens with one attached hydrogen (secondary N) is 2. The van der Waals surface area contributed by atoms with Gasteiger partial charge in [0.1, 0.15) is 12.3 Å². The first-order chi connectivity index (χ1) is 14.0. The molecule has 1 aliphatic carbocycles. The SMILES string of the molecule is CCOc1ccc(C(=O)NCC(=O)O[C@H](C)C(=O)NCCC2=CCCCC2)cc1. The van der Waals surface area contributed by atoms with E-state index in [0.29, 0.717) is 24.5 Å². The third-order valence-electron chi connectivity index (χ3n) is 4.63. The van der Waals surface area contributed by atoms with Crippen LogP contribution in [-0.2, 0) is 14.3 Å².